The van der Waals surface area contributed by atoms with E-state index in [-0.39, 0.29) is 12.1 Å². The predicted octanol–water partition coefficient (Wildman–Crippen LogP) is 0.233. The highest BCUT2D eigenvalue weighted by atomic mass is 16.4. The van der Waals surface area contributed by atoms with E-state index in [0.29, 0.717) is 12.4 Å². The van der Waals surface area contributed by atoms with Gasteiger partial charge >= 0.3 is 6.03 Å². The average molecular weight is 278 g/mol. The molecule has 108 valence electrons. The molecule has 3 heterocycles. The lowest BCUT2D eigenvalue weighted by Crippen LogP contribution is -2.44. The summed E-state index contributed by atoms with van der Waals surface area (Å²) in [6, 6.07) is -0.449. The summed E-state index contributed by atoms with van der Waals surface area (Å²) in [5, 5.41) is 17.0. The van der Waals surface area contributed by atoms with Gasteiger partial charge in [-0.15, -0.1) is 0 Å². The van der Waals surface area contributed by atoms with Crippen LogP contribution in [0.25, 0.3) is 0 Å². The summed E-state index contributed by atoms with van der Waals surface area (Å²) in [7, 11) is 7.22. The van der Waals surface area contributed by atoms with Crippen molar-refractivity contribution in [1.29, 1.82) is 0 Å². The molecule has 1 aromatic rings. The first-order valence-corrected chi connectivity index (χ1v) is 6.41. The number of amidine groups is 1. The van der Waals surface area contributed by atoms with Crippen molar-refractivity contribution in [3.63, 3.8) is 0 Å². The van der Waals surface area contributed by atoms with Gasteiger partial charge in [-0.2, -0.15) is 5.10 Å². The Bertz CT molecular complexity index is 593. The molecule has 1 N–H and O–H groups in total. The van der Waals surface area contributed by atoms with E-state index in [1.165, 1.54) is 0 Å². The average Bonchev–Trinajstić information content (AvgIpc) is 2.89. The minimum absolute atomic E-state index is 0.0181. The van der Waals surface area contributed by atoms with Gasteiger partial charge in [0.1, 0.15) is 6.04 Å². The summed E-state index contributed by atoms with van der Waals surface area (Å²) in [6.07, 6.45) is 1.80. The fourth-order valence-corrected chi connectivity index (χ4v) is 3.10. The van der Waals surface area contributed by atoms with Crippen molar-refractivity contribution < 1.29 is 10.0 Å². The number of nitrogens with zero attached hydrogens (tertiary/aromatic N) is 6. The van der Waals surface area contributed by atoms with Gasteiger partial charge in [0.15, 0.2) is 5.84 Å². The molecule has 1 saturated heterocycles. The van der Waals surface area contributed by atoms with Crippen LogP contribution in [0.2, 0.25) is 0 Å². The van der Waals surface area contributed by atoms with Crippen LogP contribution < -0.4 is 0 Å². The summed E-state index contributed by atoms with van der Waals surface area (Å²) in [5.74, 6) is 0.428. The van der Waals surface area contributed by atoms with Gasteiger partial charge in [-0.05, 0) is 0 Å². The Morgan fingerprint density at radius 1 is 1.50 bits per heavy atom. The third-order valence-electron chi connectivity index (χ3n) is 4.13. The lowest BCUT2D eigenvalue weighted by Gasteiger charge is -2.33. The molecule has 8 heteroatoms. The molecule has 0 aromatic carbocycles. The van der Waals surface area contributed by atoms with E-state index in [2.05, 4.69) is 10.3 Å². The number of likely N-dealkylation sites (N-methyl/N-ethyl adjacent to an activating group) is 2. The number of aromatic nitrogens is 2. The summed E-state index contributed by atoms with van der Waals surface area (Å²) >= 11 is 0. The molecule has 2 aliphatic rings. The zero-order valence-corrected chi connectivity index (χ0v) is 12.0. The number of aryl methyl sites for hydroxylation is 1. The molecule has 2 bridgehead atoms. The maximum absolute atomic E-state index is 12.4. The summed E-state index contributed by atoms with van der Waals surface area (Å²) in [4.78, 5) is 17.5. The largest absolute Gasteiger partial charge is 0.409 e. The van der Waals surface area contributed by atoms with Crippen LogP contribution in [0.15, 0.2) is 11.4 Å². The Morgan fingerprint density at radius 3 is 2.80 bits per heavy atom. The predicted molar refractivity (Wildman–Crippen MR) is 71.5 cm³/mol. The Kier molecular flexibility index (Phi) is 2.63. The maximum atomic E-state index is 12.4. The van der Waals surface area contributed by atoms with Gasteiger partial charge in [0.05, 0.1) is 17.9 Å². The van der Waals surface area contributed by atoms with Gasteiger partial charge in [-0.3, -0.25) is 4.68 Å². The summed E-state index contributed by atoms with van der Waals surface area (Å²) in [6.45, 7) is 0.589. The lowest BCUT2D eigenvalue weighted by molar-refractivity contribution is 0.189. The quantitative estimate of drug-likeness (QED) is 0.345. The van der Waals surface area contributed by atoms with Gasteiger partial charge in [0, 0.05) is 40.3 Å². The molecule has 1 fully saturated rings. The standard InChI is InChI=1S/C12H18N6O2/c1-15(2)11(14-20)10-9-7(5-13-17(9)4)8-6-18(10)12(19)16(8)3/h5,8,10,20H,6H2,1-4H3/b14-11-/t8-,10-/m0/s1. The van der Waals surface area contributed by atoms with Gasteiger partial charge in [-0.25, -0.2) is 4.79 Å². The van der Waals surface area contributed by atoms with Gasteiger partial charge in [-0.1, -0.05) is 5.16 Å². The molecule has 1 aromatic heterocycles. The Labute approximate surface area is 116 Å². The normalized spacial score (nSPS) is 25.2. The monoisotopic (exact) mass is 278 g/mol. The van der Waals surface area contributed by atoms with Gasteiger partial charge in [0.25, 0.3) is 0 Å². The van der Waals surface area contributed by atoms with E-state index in [1.807, 2.05) is 7.05 Å². The maximum Gasteiger partial charge on any atom is 0.321 e. The number of carbonyl (C=O) groups excluding carboxylic acids is 1. The van der Waals surface area contributed by atoms with Crippen molar-refractivity contribution in [1.82, 2.24) is 24.5 Å². The van der Waals surface area contributed by atoms with Crippen LogP contribution in [-0.4, -0.2) is 69.2 Å². The van der Waals surface area contributed by atoms with Gasteiger partial charge < -0.3 is 19.9 Å². The van der Waals surface area contributed by atoms with Gasteiger partial charge in [0.2, 0.25) is 0 Å². The van der Waals surface area contributed by atoms with Crippen molar-refractivity contribution >= 4 is 11.9 Å². The van der Waals surface area contributed by atoms with Crippen molar-refractivity contribution in [2.24, 2.45) is 12.2 Å². The van der Waals surface area contributed by atoms with E-state index < -0.39 is 6.04 Å². The molecular formula is C12H18N6O2. The molecule has 0 saturated carbocycles. The van der Waals surface area contributed by atoms with Crippen LogP contribution in [0, 0.1) is 0 Å². The Balaban J connectivity index is 2.19. The first kappa shape index (κ1) is 12.8. The summed E-state index contributed by atoms with van der Waals surface area (Å²) < 4.78 is 1.75. The fraction of sp³-hybridized carbons (Fsp3) is 0.583. The summed E-state index contributed by atoms with van der Waals surface area (Å²) in [5.41, 5.74) is 1.92. The number of rotatable bonds is 1. The molecule has 2 amide bonds. The smallest absolute Gasteiger partial charge is 0.321 e. The van der Waals surface area contributed by atoms with E-state index >= 15 is 0 Å². The molecule has 2 atom stereocenters. The SMILES string of the molecule is CN(C)/C(=N\O)[C@@H]1c2c(cnn2C)[C@@H]2CN1C(=O)N2C. The first-order valence-electron chi connectivity index (χ1n) is 6.41. The fourth-order valence-electron chi connectivity index (χ4n) is 3.10. The highest BCUT2D eigenvalue weighted by Crippen LogP contribution is 2.43. The molecule has 0 aliphatic carbocycles. The van der Waals surface area contributed by atoms with Crippen molar-refractivity contribution in [3.8, 4) is 0 Å². The first-order chi connectivity index (χ1) is 9.47. The zero-order chi connectivity index (χ0) is 14.6. The number of urea groups is 1. The van der Waals surface area contributed by atoms with Crippen LogP contribution in [0.3, 0.4) is 0 Å². The molecule has 2 aliphatic heterocycles. The number of amides is 2. The Morgan fingerprint density at radius 2 is 2.20 bits per heavy atom. The third kappa shape index (κ3) is 1.44. The molecule has 0 unspecified atom stereocenters. The molecule has 0 spiro atoms. The van der Waals surface area contributed by atoms with E-state index in [9.17, 15) is 10.0 Å². The lowest BCUT2D eigenvalue weighted by atomic mass is 9.96. The van der Waals surface area contributed by atoms with E-state index in [1.54, 1.807) is 46.7 Å². The van der Waals surface area contributed by atoms with Crippen molar-refractivity contribution in [2.45, 2.75) is 12.1 Å². The number of carbonyl (C=O) groups is 1. The highest BCUT2D eigenvalue weighted by Gasteiger charge is 2.50. The van der Waals surface area contributed by atoms with Crippen LogP contribution in [0.5, 0.6) is 0 Å². The molecule has 0 radical (unpaired) electrons. The second-order valence-electron chi connectivity index (χ2n) is 5.43. The van der Waals surface area contributed by atoms with E-state index in [4.69, 9.17) is 0 Å². The molecule has 8 nitrogen and oxygen atoms in total. The second-order valence-corrected chi connectivity index (χ2v) is 5.43. The topological polar surface area (TPSA) is 77.2 Å². The zero-order valence-electron chi connectivity index (χ0n) is 12.0. The highest BCUT2D eigenvalue weighted by molar-refractivity contribution is 5.93. The molecule has 20 heavy (non-hydrogen) atoms. The van der Waals surface area contributed by atoms with E-state index in [0.717, 1.165) is 11.3 Å². The van der Waals surface area contributed by atoms with Crippen LogP contribution in [0.1, 0.15) is 23.3 Å². The second kappa shape index (κ2) is 4.12. The number of fused-ring (bicyclic) bond motifs is 4. The minimum Gasteiger partial charge on any atom is -0.409 e. The van der Waals surface area contributed by atoms with Crippen molar-refractivity contribution in [2.75, 3.05) is 27.7 Å². The number of hydrogen-bond donors (Lipinski definition) is 1. The van der Waals surface area contributed by atoms with Crippen LogP contribution in [0.4, 0.5) is 4.79 Å². The number of hydrogen-bond acceptors (Lipinski definition) is 4. The van der Waals surface area contributed by atoms with Crippen LogP contribution in [-0.2, 0) is 7.05 Å². The third-order valence-corrected chi connectivity index (χ3v) is 4.13. The Hall–Kier alpha value is -2.25. The molecular weight excluding hydrogens is 260 g/mol. The minimum atomic E-state index is -0.411. The van der Waals surface area contributed by atoms with Crippen LogP contribution >= 0.6 is 0 Å². The number of oxime groups is 1. The van der Waals surface area contributed by atoms with Crippen molar-refractivity contribution in [3.05, 3.63) is 17.5 Å². The molecule has 3 rings (SSSR count).